The number of carboxylic acid groups (broad SMARTS) is 1. The SMILES string of the molecule is O=C(NCC1(C(=O)O)CCOCC1)c1cccc(OCC(F)(F)F)n1. The molecule has 0 unspecified atom stereocenters. The molecule has 1 amide bonds. The molecule has 0 aromatic carbocycles. The number of amides is 1. The molecule has 1 aromatic rings. The molecule has 1 saturated heterocycles. The molecule has 1 aliphatic rings. The van der Waals surface area contributed by atoms with Gasteiger partial charge in [0.05, 0.1) is 5.41 Å². The smallest absolute Gasteiger partial charge is 0.422 e. The number of nitrogens with zero attached hydrogens (tertiary/aromatic N) is 1. The van der Waals surface area contributed by atoms with Gasteiger partial charge in [-0.2, -0.15) is 13.2 Å². The summed E-state index contributed by atoms with van der Waals surface area (Å²) in [6, 6.07) is 3.82. The molecule has 0 radical (unpaired) electrons. The molecule has 2 rings (SSSR count). The van der Waals surface area contributed by atoms with E-state index in [1.807, 2.05) is 0 Å². The van der Waals surface area contributed by atoms with Crippen molar-refractivity contribution in [2.75, 3.05) is 26.4 Å². The predicted octanol–water partition coefficient (Wildman–Crippen LogP) is 1.63. The lowest BCUT2D eigenvalue weighted by Gasteiger charge is -2.33. The van der Waals surface area contributed by atoms with E-state index in [2.05, 4.69) is 15.0 Å². The monoisotopic (exact) mass is 362 g/mol. The summed E-state index contributed by atoms with van der Waals surface area (Å²) in [5.41, 5.74) is -1.29. The van der Waals surface area contributed by atoms with Crippen molar-refractivity contribution in [2.24, 2.45) is 5.41 Å². The lowest BCUT2D eigenvalue weighted by Crippen LogP contribution is -2.46. The number of rotatable bonds is 6. The highest BCUT2D eigenvalue weighted by atomic mass is 19.4. The van der Waals surface area contributed by atoms with Gasteiger partial charge in [-0.3, -0.25) is 9.59 Å². The Morgan fingerprint density at radius 1 is 1.32 bits per heavy atom. The van der Waals surface area contributed by atoms with Crippen LogP contribution in [-0.4, -0.2) is 54.5 Å². The fourth-order valence-corrected chi connectivity index (χ4v) is 2.35. The number of carbonyl (C=O) groups excluding carboxylic acids is 1. The molecular weight excluding hydrogens is 345 g/mol. The molecule has 1 aliphatic heterocycles. The third-order valence-electron chi connectivity index (χ3n) is 3.83. The second-order valence-electron chi connectivity index (χ2n) is 5.65. The number of hydrogen-bond donors (Lipinski definition) is 2. The zero-order chi connectivity index (χ0) is 18.5. The molecule has 7 nitrogen and oxygen atoms in total. The van der Waals surface area contributed by atoms with Gasteiger partial charge in [-0.05, 0) is 18.9 Å². The van der Waals surface area contributed by atoms with E-state index in [0.29, 0.717) is 0 Å². The molecule has 138 valence electrons. The fraction of sp³-hybridized carbons (Fsp3) is 0.533. The molecule has 0 bridgehead atoms. The van der Waals surface area contributed by atoms with Crippen LogP contribution in [0.4, 0.5) is 13.2 Å². The van der Waals surface area contributed by atoms with E-state index in [1.165, 1.54) is 18.2 Å². The van der Waals surface area contributed by atoms with Crippen molar-refractivity contribution >= 4 is 11.9 Å². The highest BCUT2D eigenvalue weighted by molar-refractivity contribution is 5.92. The predicted molar refractivity (Wildman–Crippen MR) is 78.2 cm³/mol. The number of pyridine rings is 1. The maximum Gasteiger partial charge on any atom is 0.422 e. The normalized spacial score (nSPS) is 16.9. The maximum atomic E-state index is 12.1. The van der Waals surface area contributed by atoms with Gasteiger partial charge in [-0.1, -0.05) is 6.07 Å². The van der Waals surface area contributed by atoms with Gasteiger partial charge in [0.15, 0.2) is 6.61 Å². The Bertz CT molecular complexity index is 630. The van der Waals surface area contributed by atoms with E-state index in [0.717, 1.165) is 0 Å². The van der Waals surface area contributed by atoms with Gasteiger partial charge < -0.3 is 19.9 Å². The quantitative estimate of drug-likeness (QED) is 0.798. The van der Waals surface area contributed by atoms with Crippen LogP contribution in [0.1, 0.15) is 23.3 Å². The molecule has 0 spiro atoms. The second kappa shape index (κ2) is 7.68. The summed E-state index contributed by atoms with van der Waals surface area (Å²) >= 11 is 0. The molecule has 1 fully saturated rings. The summed E-state index contributed by atoms with van der Waals surface area (Å²) in [6.07, 6.45) is -4.01. The van der Waals surface area contributed by atoms with E-state index in [4.69, 9.17) is 4.74 Å². The number of carbonyl (C=O) groups is 2. The van der Waals surface area contributed by atoms with E-state index in [1.54, 1.807) is 0 Å². The number of hydrogen-bond acceptors (Lipinski definition) is 5. The number of alkyl halides is 3. The van der Waals surface area contributed by atoms with Crippen LogP contribution in [0.25, 0.3) is 0 Å². The van der Waals surface area contributed by atoms with Crippen LogP contribution < -0.4 is 10.1 Å². The summed E-state index contributed by atoms with van der Waals surface area (Å²) in [6.45, 7) is -1.09. The van der Waals surface area contributed by atoms with Gasteiger partial charge in [-0.25, -0.2) is 4.98 Å². The Kier molecular flexibility index (Phi) is 5.83. The average Bonchev–Trinajstić information content (AvgIpc) is 2.58. The van der Waals surface area contributed by atoms with Gasteiger partial charge in [-0.15, -0.1) is 0 Å². The molecule has 25 heavy (non-hydrogen) atoms. The van der Waals surface area contributed by atoms with Crippen molar-refractivity contribution < 1.29 is 37.3 Å². The Balaban J connectivity index is 1.99. The topological polar surface area (TPSA) is 97.8 Å². The van der Waals surface area contributed by atoms with Crippen molar-refractivity contribution in [1.82, 2.24) is 10.3 Å². The first-order valence-corrected chi connectivity index (χ1v) is 7.48. The number of ether oxygens (including phenoxy) is 2. The van der Waals surface area contributed by atoms with Crippen molar-refractivity contribution in [2.45, 2.75) is 19.0 Å². The van der Waals surface area contributed by atoms with Gasteiger partial charge in [0.25, 0.3) is 5.91 Å². The van der Waals surface area contributed by atoms with Crippen LogP contribution in [0.15, 0.2) is 18.2 Å². The van der Waals surface area contributed by atoms with Crippen LogP contribution in [-0.2, 0) is 9.53 Å². The van der Waals surface area contributed by atoms with Crippen LogP contribution >= 0.6 is 0 Å². The van der Waals surface area contributed by atoms with Gasteiger partial charge >= 0.3 is 12.1 Å². The Hall–Kier alpha value is -2.36. The Labute approximate surface area is 141 Å². The number of aliphatic carboxylic acids is 1. The van der Waals surface area contributed by atoms with E-state index >= 15 is 0 Å². The lowest BCUT2D eigenvalue weighted by atomic mass is 9.80. The van der Waals surface area contributed by atoms with E-state index in [9.17, 15) is 27.9 Å². The van der Waals surface area contributed by atoms with Crippen LogP contribution in [0.5, 0.6) is 5.88 Å². The van der Waals surface area contributed by atoms with Crippen LogP contribution in [0, 0.1) is 5.41 Å². The minimum absolute atomic E-state index is 0.125. The standard InChI is InChI=1S/C15H17F3N2O5/c16-15(17,18)9-25-11-3-1-2-10(20-11)12(21)19-8-14(13(22)23)4-6-24-7-5-14/h1-3H,4-9H2,(H,19,21)(H,22,23). The van der Waals surface area contributed by atoms with Gasteiger partial charge in [0.2, 0.25) is 5.88 Å². The number of halogens is 3. The summed E-state index contributed by atoms with van der Waals surface area (Å²) in [5.74, 6) is -2.07. The van der Waals surface area contributed by atoms with Crippen molar-refractivity contribution in [3.63, 3.8) is 0 Å². The first-order valence-electron chi connectivity index (χ1n) is 7.48. The Morgan fingerprint density at radius 2 is 2.00 bits per heavy atom. The number of aromatic nitrogens is 1. The largest absolute Gasteiger partial charge is 0.481 e. The molecule has 2 N–H and O–H groups in total. The number of carboxylic acids is 1. The van der Waals surface area contributed by atoms with Crippen LogP contribution in [0.3, 0.4) is 0 Å². The molecule has 0 atom stereocenters. The third kappa shape index (κ3) is 5.31. The number of nitrogens with one attached hydrogen (secondary N) is 1. The molecule has 1 aromatic heterocycles. The van der Waals surface area contributed by atoms with E-state index in [-0.39, 0.29) is 44.2 Å². The highest BCUT2D eigenvalue weighted by Gasteiger charge is 2.40. The first kappa shape index (κ1) is 19.0. The molecule has 10 heteroatoms. The summed E-state index contributed by atoms with van der Waals surface area (Å²) in [5, 5.41) is 11.9. The second-order valence-corrected chi connectivity index (χ2v) is 5.65. The highest BCUT2D eigenvalue weighted by Crippen LogP contribution is 2.30. The van der Waals surface area contributed by atoms with Crippen molar-refractivity contribution in [1.29, 1.82) is 0 Å². The summed E-state index contributed by atoms with van der Waals surface area (Å²) in [4.78, 5) is 27.3. The minimum atomic E-state index is -4.52. The fourth-order valence-electron chi connectivity index (χ4n) is 2.35. The lowest BCUT2D eigenvalue weighted by molar-refractivity contribution is -0.154. The van der Waals surface area contributed by atoms with E-state index < -0.39 is 30.1 Å². The van der Waals surface area contributed by atoms with Crippen molar-refractivity contribution in [3.05, 3.63) is 23.9 Å². The average molecular weight is 362 g/mol. The third-order valence-corrected chi connectivity index (χ3v) is 3.83. The van der Waals surface area contributed by atoms with Crippen LogP contribution in [0.2, 0.25) is 0 Å². The minimum Gasteiger partial charge on any atom is -0.481 e. The molecular formula is C15H17F3N2O5. The van der Waals surface area contributed by atoms with Crippen molar-refractivity contribution in [3.8, 4) is 5.88 Å². The first-order chi connectivity index (χ1) is 11.7. The van der Waals surface area contributed by atoms with Gasteiger partial charge in [0.1, 0.15) is 5.69 Å². The summed E-state index contributed by atoms with van der Waals surface area (Å²) < 4.78 is 46.1. The van der Waals surface area contributed by atoms with Gasteiger partial charge in [0, 0.05) is 25.8 Å². The molecule has 0 saturated carbocycles. The Morgan fingerprint density at radius 3 is 2.60 bits per heavy atom. The zero-order valence-corrected chi connectivity index (χ0v) is 13.1. The zero-order valence-electron chi connectivity index (χ0n) is 13.1. The maximum absolute atomic E-state index is 12.1. The molecule has 0 aliphatic carbocycles. The molecule has 2 heterocycles. The summed E-state index contributed by atoms with van der Waals surface area (Å²) in [7, 11) is 0.